The van der Waals surface area contributed by atoms with E-state index in [1.165, 1.54) is 16.7 Å². The Balaban J connectivity index is 1.83. The van der Waals surface area contributed by atoms with Crippen LogP contribution in [0.15, 0.2) is 42.5 Å². The zero-order valence-corrected chi connectivity index (χ0v) is 15.4. The molecule has 0 bridgehead atoms. The van der Waals surface area contributed by atoms with E-state index in [2.05, 4.69) is 48.7 Å². The van der Waals surface area contributed by atoms with Crippen LogP contribution in [0, 0.1) is 0 Å². The lowest BCUT2D eigenvalue weighted by atomic mass is 10.0. The molecule has 2 aromatic rings. The van der Waals surface area contributed by atoms with E-state index < -0.39 is 0 Å². The van der Waals surface area contributed by atoms with Crippen molar-refractivity contribution in [3.8, 4) is 5.75 Å². The average Bonchev–Trinajstić information content (AvgIpc) is 2.65. The number of carbonyl (C=O) groups is 1. The highest BCUT2D eigenvalue weighted by atomic mass is 16.5. The maximum Gasteiger partial charge on any atom is 0.238 e. The van der Waals surface area contributed by atoms with Crippen LogP contribution >= 0.6 is 0 Å². The Labute approximate surface area is 150 Å². The number of benzene rings is 2. The first-order valence-corrected chi connectivity index (χ1v) is 8.92. The van der Waals surface area contributed by atoms with Gasteiger partial charge in [-0.1, -0.05) is 44.2 Å². The number of amides is 1. The molecule has 0 fully saturated rings. The third-order valence-corrected chi connectivity index (χ3v) is 4.27. The van der Waals surface area contributed by atoms with E-state index in [1.54, 1.807) is 7.11 Å². The molecule has 2 aromatic carbocycles. The first kappa shape index (κ1) is 19.0. The van der Waals surface area contributed by atoms with Gasteiger partial charge < -0.3 is 15.4 Å². The summed E-state index contributed by atoms with van der Waals surface area (Å²) in [5.41, 5.74) is 4.54. The summed E-state index contributed by atoms with van der Waals surface area (Å²) in [4.78, 5) is 12.3. The van der Waals surface area contributed by atoms with Gasteiger partial charge >= 0.3 is 0 Å². The lowest BCUT2D eigenvalue weighted by Crippen LogP contribution is -2.30. The highest BCUT2D eigenvalue weighted by Crippen LogP contribution is 2.22. The van der Waals surface area contributed by atoms with Gasteiger partial charge in [0.05, 0.1) is 13.7 Å². The molecule has 0 aliphatic rings. The van der Waals surface area contributed by atoms with Crippen molar-refractivity contribution >= 4 is 11.6 Å². The normalized spacial score (nSPS) is 10.5. The van der Waals surface area contributed by atoms with Gasteiger partial charge in [0.2, 0.25) is 5.91 Å². The van der Waals surface area contributed by atoms with Gasteiger partial charge in [0.25, 0.3) is 0 Å². The number of rotatable bonds is 9. The van der Waals surface area contributed by atoms with Crippen molar-refractivity contribution < 1.29 is 9.53 Å². The number of hydrogen-bond acceptors (Lipinski definition) is 3. The highest BCUT2D eigenvalue weighted by Gasteiger charge is 2.09. The van der Waals surface area contributed by atoms with Crippen molar-refractivity contribution in [2.45, 2.75) is 33.1 Å². The van der Waals surface area contributed by atoms with Crippen LogP contribution in [0.2, 0.25) is 0 Å². The van der Waals surface area contributed by atoms with E-state index in [-0.39, 0.29) is 5.91 Å². The fraction of sp³-hybridized carbons (Fsp3) is 0.381. The predicted molar refractivity (Wildman–Crippen MR) is 103 cm³/mol. The molecule has 2 N–H and O–H groups in total. The Bertz CT molecular complexity index is 676. The Kier molecular flexibility index (Phi) is 7.48. The van der Waals surface area contributed by atoms with Crippen LogP contribution in [0.5, 0.6) is 5.75 Å². The Morgan fingerprint density at radius 2 is 1.72 bits per heavy atom. The number of ether oxygens (including phenoxy) is 1. The lowest BCUT2D eigenvalue weighted by molar-refractivity contribution is -0.115. The van der Waals surface area contributed by atoms with Crippen LogP contribution in [-0.4, -0.2) is 26.1 Å². The standard InChI is InChI=1S/C21H28N2O2/c1-4-17-9-7-10-18(5-2)21(17)23-20(24)15-22-13-12-16-8-6-11-19(14-16)25-3/h6-11,14,22H,4-5,12-13,15H2,1-3H3,(H,23,24). The second-order valence-electron chi connectivity index (χ2n) is 5.98. The summed E-state index contributed by atoms with van der Waals surface area (Å²) in [6.45, 7) is 5.27. The number of para-hydroxylation sites is 1. The monoisotopic (exact) mass is 340 g/mol. The number of aryl methyl sites for hydroxylation is 2. The molecule has 0 spiro atoms. The largest absolute Gasteiger partial charge is 0.497 e. The highest BCUT2D eigenvalue weighted by molar-refractivity contribution is 5.93. The summed E-state index contributed by atoms with van der Waals surface area (Å²) in [5, 5.41) is 6.29. The zero-order valence-electron chi connectivity index (χ0n) is 15.4. The zero-order chi connectivity index (χ0) is 18.1. The van der Waals surface area contributed by atoms with Crippen molar-refractivity contribution in [3.05, 3.63) is 59.2 Å². The molecule has 0 aromatic heterocycles. The molecule has 134 valence electrons. The number of anilines is 1. The maximum atomic E-state index is 12.3. The van der Waals surface area contributed by atoms with Gasteiger partial charge in [-0.05, 0) is 54.6 Å². The molecule has 0 aliphatic heterocycles. The quantitative estimate of drug-likeness (QED) is 0.686. The minimum atomic E-state index is 0.00115. The molecule has 4 nitrogen and oxygen atoms in total. The molecule has 0 saturated heterocycles. The van der Waals surface area contributed by atoms with Gasteiger partial charge in [-0.25, -0.2) is 0 Å². The fourth-order valence-corrected chi connectivity index (χ4v) is 2.85. The van der Waals surface area contributed by atoms with Crippen molar-refractivity contribution in [2.24, 2.45) is 0 Å². The molecule has 0 aliphatic carbocycles. The molecular formula is C21H28N2O2. The van der Waals surface area contributed by atoms with Crippen molar-refractivity contribution in [3.63, 3.8) is 0 Å². The van der Waals surface area contributed by atoms with Crippen LogP contribution in [0.4, 0.5) is 5.69 Å². The van der Waals surface area contributed by atoms with Gasteiger partial charge in [0.15, 0.2) is 0 Å². The van der Waals surface area contributed by atoms with Gasteiger partial charge in [-0.15, -0.1) is 0 Å². The van der Waals surface area contributed by atoms with Crippen LogP contribution in [0.1, 0.15) is 30.5 Å². The average molecular weight is 340 g/mol. The number of methoxy groups -OCH3 is 1. The third kappa shape index (κ3) is 5.61. The topological polar surface area (TPSA) is 50.4 Å². The summed E-state index contributed by atoms with van der Waals surface area (Å²) < 4.78 is 5.22. The first-order valence-electron chi connectivity index (χ1n) is 8.92. The van der Waals surface area contributed by atoms with E-state index in [4.69, 9.17) is 4.74 Å². The third-order valence-electron chi connectivity index (χ3n) is 4.27. The van der Waals surface area contributed by atoms with Crippen molar-refractivity contribution in [1.82, 2.24) is 5.32 Å². The molecule has 0 radical (unpaired) electrons. The molecular weight excluding hydrogens is 312 g/mol. The predicted octanol–water partition coefficient (Wildman–Crippen LogP) is 3.59. The second-order valence-corrected chi connectivity index (χ2v) is 5.98. The summed E-state index contributed by atoms with van der Waals surface area (Å²) in [6, 6.07) is 14.2. The molecule has 0 unspecified atom stereocenters. The van der Waals surface area contributed by atoms with Gasteiger partial charge in [-0.2, -0.15) is 0 Å². The van der Waals surface area contributed by atoms with E-state index in [0.717, 1.165) is 37.2 Å². The smallest absolute Gasteiger partial charge is 0.238 e. The van der Waals surface area contributed by atoms with E-state index in [0.29, 0.717) is 6.54 Å². The number of nitrogens with one attached hydrogen (secondary N) is 2. The van der Waals surface area contributed by atoms with Crippen LogP contribution in [0.25, 0.3) is 0 Å². The van der Waals surface area contributed by atoms with Crippen LogP contribution in [-0.2, 0) is 24.1 Å². The Hall–Kier alpha value is -2.33. The molecule has 2 rings (SSSR count). The summed E-state index contributed by atoms with van der Waals surface area (Å²) >= 11 is 0. The minimum Gasteiger partial charge on any atom is -0.497 e. The van der Waals surface area contributed by atoms with Gasteiger partial charge in [0, 0.05) is 5.69 Å². The summed E-state index contributed by atoms with van der Waals surface area (Å²) in [6.07, 6.45) is 2.68. The molecule has 25 heavy (non-hydrogen) atoms. The lowest BCUT2D eigenvalue weighted by Gasteiger charge is -2.14. The van der Waals surface area contributed by atoms with E-state index in [1.807, 2.05) is 18.2 Å². The molecule has 0 atom stereocenters. The van der Waals surface area contributed by atoms with Crippen LogP contribution < -0.4 is 15.4 Å². The number of carbonyl (C=O) groups excluding carboxylic acids is 1. The molecule has 0 saturated carbocycles. The summed E-state index contributed by atoms with van der Waals surface area (Å²) in [7, 11) is 1.67. The number of hydrogen-bond donors (Lipinski definition) is 2. The fourth-order valence-electron chi connectivity index (χ4n) is 2.85. The van der Waals surface area contributed by atoms with Crippen molar-refractivity contribution in [2.75, 3.05) is 25.5 Å². The van der Waals surface area contributed by atoms with Crippen LogP contribution in [0.3, 0.4) is 0 Å². The Morgan fingerprint density at radius 3 is 2.36 bits per heavy atom. The van der Waals surface area contributed by atoms with E-state index >= 15 is 0 Å². The van der Waals surface area contributed by atoms with Crippen molar-refractivity contribution in [1.29, 1.82) is 0 Å². The molecule has 0 heterocycles. The summed E-state index contributed by atoms with van der Waals surface area (Å²) in [5.74, 6) is 0.861. The Morgan fingerprint density at radius 1 is 1.04 bits per heavy atom. The minimum absolute atomic E-state index is 0.00115. The first-order chi connectivity index (χ1) is 12.2. The SMILES string of the molecule is CCc1cccc(CC)c1NC(=O)CNCCc1cccc(OC)c1. The van der Waals surface area contributed by atoms with Gasteiger partial charge in [0.1, 0.15) is 5.75 Å². The second kappa shape index (κ2) is 9.84. The maximum absolute atomic E-state index is 12.3. The van der Waals surface area contributed by atoms with E-state index in [9.17, 15) is 4.79 Å². The van der Waals surface area contributed by atoms with Gasteiger partial charge in [-0.3, -0.25) is 4.79 Å². The molecule has 1 amide bonds. The molecule has 4 heteroatoms.